The number of aromatic nitrogens is 3. The van der Waals surface area contributed by atoms with Crippen LogP contribution >= 0.6 is 24.0 Å². The van der Waals surface area contributed by atoms with E-state index in [2.05, 4.69) is 43.4 Å². The molecule has 0 aliphatic carbocycles. The first kappa shape index (κ1) is 22.4. The van der Waals surface area contributed by atoms with Gasteiger partial charge in [-0.1, -0.05) is 18.6 Å². The van der Waals surface area contributed by atoms with Crippen LogP contribution in [0.25, 0.3) is 0 Å². The molecule has 0 saturated carbocycles. The normalized spacial score (nSPS) is 13.9. The van der Waals surface area contributed by atoms with Gasteiger partial charge in [-0.25, -0.2) is 4.99 Å². The van der Waals surface area contributed by atoms with Gasteiger partial charge in [0.05, 0.1) is 13.7 Å². The molecule has 2 aromatic rings. The summed E-state index contributed by atoms with van der Waals surface area (Å²) in [4.78, 5) is 4.68. The lowest BCUT2D eigenvalue weighted by Gasteiger charge is -2.12. The van der Waals surface area contributed by atoms with Gasteiger partial charge in [0.25, 0.3) is 0 Å². The highest BCUT2D eigenvalue weighted by molar-refractivity contribution is 14.0. The molecule has 0 fully saturated rings. The monoisotopic (exact) mass is 498 g/mol. The SMILES string of the molecule is CCNC(=NCc1cccc(OC)c1)NCCc1nnc2n1CCCCC2.I. The molecule has 2 N–H and O–H groups in total. The van der Waals surface area contributed by atoms with Crippen molar-refractivity contribution in [3.63, 3.8) is 0 Å². The number of methoxy groups -OCH3 is 1. The highest BCUT2D eigenvalue weighted by Gasteiger charge is 2.14. The Hall–Kier alpha value is -1.84. The highest BCUT2D eigenvalue weighted by Crippen LogP contribution is 2.15. The molecule has 2 heterocycles. The molecule has 0 radical (unpaired) electrons. The van der Waals surface area contributed by atoms with Crippen molar-refractivity contribution in [2.24, 2.45) is 4.99 Å². The highest BCUT2D eigenvalue weighted by atomic mass is 127. The number of hydrogen-bond donors (Lipinski definition) is 2. The van der Waals surface area contributed by atoms with Gasteiger partial charge < -0.3 is 19.9 Å². The summed E-state index contributed by atoms with van der Waals surface area (Å²) in [5, 5.41) is 15.5. The van der Waals surface area contributed by atoms with Gasteiger partial charge in [-0.3, -0.25) is 0 Å². The van der Waals surface area contributed by atoms with Crippen LogP contribution in [0.15, 0.2) is 29.3 Å². The molecule has 154 valence electrons. The lowest BCUT2D eigenvalue weighted by atomic mass is 10.2. The van der Waals surface area contributed by atoms with Crippen LogP contribution in [0.1, 0.15) is 43.4 Å². The number of nitrogens with one attached hydrogen (secondary N) is 2. The summed E-state index contributed by atoms with van der Waals surface area (Å²) in [6.07, 6.45) is 5.61. The Morgan fingerprint density at radius 1 is 1.21 bits per heavy atom. The summed E-state index contributed by atoms with van der Waals surface area (Å²) >= 11 is 0. The molecule has 1 aliphatic heterocycles. The molecule has 0 amide bonds. The molecule has 8 heteroatoms. The van der Waals surface area contributed by atoms with Crippen molar-refractivity contribution in [3.8, 4) is 5.75 Å². The second-order valence-corrected chi connectivity index (χ2v) is 6.72. The van der Waals surface area contributed by atoms with Crippen molar-refractivity contribution in [2.75, 3.05) is 20.2 Å². The molecule has 7 nitrogen and oxygen atoms in total. The third-order valence-electron chi connectivity index (χ3n) is 4.73. The Labute approximate surface area is 184 Å². The number of nitrogens with zero attached hydrogens (tertiary/aromatic N) is 4. The standard InChI is InChI=1S/C20H30N6O.HI/c1-3-21-20(23-15-16-8-7-9-17(14-16)27-2)22-12-11-19-25-24-18-10-5-4-6-13-26(18)19;/h7-9,14H,3-6,10-13,15H2,1-2H3,(H2,21,22,23);1H. The molecule has 1 aromatic carbocycles. The summed E-state index contributed by atoms with van der Waals surface area (Å²) in [5.74, 6) is 3.88. The number of ether oxygens (including phenoxy) is 1. The number of rotatable bonds is 7. The lowest BCUT2D eigenvalue weighted by Crippen LogP contribution is -2.38. The first-order chi connectivity index (χ1) is 13.3. The van der Waals surface area contributed by atoms with Gasteiger partial charge in [0, 0.05) is 32.5 Å². The first-order valence-electron chi connectivity index (χ1n) is 9.86. The molecule has 1 aromatic heterocycles. The van der Waals surface area contributed by atoms with Crippen LogP contribution in [-0.2, 0) is 25.9 Å². The number of hydrogen-bond acceptors (Lipinski definition) is 4. The van der Waals surface area contributed by atoms with Crippen molar-refractivity contribution < 1.29 is 4.74 Å². The third-order valence-corrected chi connectivity index (χ3v) is 4.73. The fraction of sp³-hybridized carbons (Fsp3) is 0.550. The Bertz CT molecular complexity index is 761. The van der Waals surface area contributed by atoms with Gasteiger partial charge in [-0.15, -0.1) is 34.2 Å². The van der Waals surface area contributed by atoms with Crippen LogP contribution in [0.2, 0.25) is 0 Å². The number of guanidine groups is 1. The van der Waals surface area contributed by atoms with Crippen molar-refractivity contribution in [3.05, 3.63) is 41.5 Å². The number of benzene rings is 1. The van der Waals surface area contributed by atoms with Gasteiger partial charge in [-0.2, -0.15) is 0 Å². The molecule has 3 rings (SSSR count). The first-order valence-corrected chi connectivity index (χ1v) is 9.86. The summed E-state index contributed by atoms with van der Waals surface area (Å²) < 4.78 is 7.58. The predicted molar refractivity (Wildman–Crippen MR) is 123 cm³/mol. The van der Waals surface area contributed by atoms with E-state index in [1.807, 2.05) is 18.2 Å². The van der Waals surface area contributed by atoms with E-state index in [1.54, 1.807) is 7.11 Å². The van der Waals surface area contributed by atoms with Gasteiger partial charge in [0.2, 0.25) is 0 Å². The average Bonchev–Trinajstić information content (AvgIpc) is 2.92. The summed E-state index contributed by atoms with van der Waals surface area (Å²) in [6, 6.07) is 8.00. The van der Waals surface area contributed by atoms with Crippen LogP contribution in [-0.4, -0.2) is 40.9 Å². The van der Waals surface area contributed by atoms with E-state index >= 15 is 0 Å². The summed E-state index contributed by atoms with van der Waals surface area (Å²) in [6.45, 7) is 5.32. The minimum Gasteiger partial charge on any atom is -0.497 e. The second kappa shape index (κ2) is 11.9. The van der Waals surface area contributed by atoms with E-state index in [0.717, 1.165) is 61.4 Å². The molecular weight excluding hydrogens is 467 g/mol. The van der Waals surface area contributed by atoms with Gasteiger partial charge in [-0.05, 0) is 37.5 Å². The number of halogens is 1. The molecule has 0 unspecified atom stereocenters. The van der Waals surface area contributed by atoms with Crippen molar-refractivity contribution in [1.82, 2.24) is 25.4 Å². The minimum absolute atomic E-state index is 0. The van der Waals surface area contributed by atoms with E-state index in [9.17, 15) is 0 Å². The van der Waals surface area contributed by atoms with E-state index in [1.165, 1.54) is 19.3 Å². The van der Waals surface area contributed by atoms with Crippen LogP contribution in [0.4, 0.5) is 0 Å². The zero-order chi connectivity index (χ0) is 18.9. The molecule has 0 saturated heterocycles. The summed E-state index contributed by atoms with van der Waals surface area (Å²) in [5.41, 5.74) is 1.12. The Kier molecular flexibility index (Phi) is 9.52. The van der Waals surface area contributed by atoms with Crippen LogP contribution in [0.3, 0.4) is 0 Å². The maximum absolute atomic E-state index is 5.27. The smallest absolute Gasteiger partial charge is 0.191 e. The maximum Gasteiger partial charge on any atom is 0.191 e. The largest absolute Gasteiger partial charge is 0.497 e. The second-order valence-electron chi connectivity index (χ2n) is 6.72. The van der Waals surface area contributed by atoms with Crippen LogP contribution < -0.4 is 15.4 Å². The molecule has 0 bridgehead atoms. The Morgan fingerprint density at radius 2 is 2.11 bits per heavy atom. The molecule has 0 atom stereocenters. The fourth-order valence-corrected chi connectivity index (χ4v) is 3.31. The zero-order valence-corrected chi connectivity index (χ0v) is 19.1. The maximum atomic E-state index is 5.27. The molecule has 28 heavy (non-hydrogen) atoms. The predicted octanol–water partition coefficient (Wildman–Crippen LogP) is 2.93. The van der Waals surface area contributed by atoms with E-state index < -0.39 is 0 Å². The topological polar surface area (TPSA) is 76.4 Å². The third kappa shape index (κ3) is 6.35. The average molecular weight is 498 g/mol. The summed E-state index contributed by atoms with van der Waals surface area (Å²) in [7, 11) is 1.68. The fourth-order valence-electron chi connectivity index (χ4n) is 3.31. The molecular formula is C20H31IN6O. The van der Waals surface area contributed by atoms with E-state index in [4.69, 9.17) is 4.74 Å². The Morgan fingerprint density at radius 3 is 2.93 bits per heavy atom. The van der Waals surface area contributed by atoms with E-state index in [-0.39, 0.29) is 24.0 Å². The number of aliphatic imine (C=N–C) groups is 1. The van der Waals surface area contributed by atoms with Crippen molar-refractivity contribution in [2.45, 2.75) is 52.1 Å². The zero-order valence-electron chi connectivity index (χ0n) is 16.8. The Balaban J connectivity index is 0.00000280. The van der Waals surface area contributed by atoms with Crippen molar-refractivity contribution in [1.29, 1.82) is 0 Å². The van der Waals surface area contributed by atoms with Gasteiger partial charge >= 0.3 is 0 Å². The molecule has 1 aliphatic rings. The van der Waals surface area contributed by atoms with Crippen LogP contribution in [0, 0.1) is 0 Å². The van der Waals surface area contributed by atoms with Crippen molar-refractivity contribution >= 4 is 29.9 Å². The quantitative estimate of drug-likeness (QED) is 0.349. The minimum atomic E-state index is 0. The van der Waals surface area contributed by atoms with Gasteiger partial charge in [0.15, 0.2) is 5.96 Å². The number of fused-ring (bicyclic) bond motifs is 1. The lowest BCUT2D eigenvalue weighted by molar-refractivity contribution is 0.414. The molecule has 0 spiro atoms. The number of aryl methyl sites for hydroxylation is 1. The van der Waals surface area contributed by atoms with E-state index in [0.29, 0.717) is 6.54 Å². The van der Waals surface area contributed by atoms with Gasteiger partial charge in [0.1, 0.15) is 17.4 Å². The van der Waals surface area contributed by atoms with Crippen LogP contribution in [0.5, 0.6) is 5.75 Å².